The van der Waals surface area contributed by atoms with Crippen LogP contribution in [-0.2, 0) is 14.3 Å². The number of carbonyl (C=O) groups is 2. The Morgan fingerprint density at radius 2 is 1.79 bits per heavy atom. The van der Waals surface area contributed by atoms with Gasteiger partial charge in [0, 0.05) is 44.8 Å². The highest BCUT2D eigenvalue weighted by Crippen LogP contribution is 2.23. The van der Waals surface area contributed by atoms with Crippen LogP contribution in [0, 0.1) is 6.92 Å². The second-order valence-corrected chi connectivity index (χ2v) is 10.8. The molecule has 1 aromatic carbocycles. The van der Waals surface area contributed by atoms with Crippen LogP contribution in [0.2, 0.25) is 0 Å². The summed E-state index contributed by atoms with van der Waals surface area (Å²) in [6, 6.07) is 5.56. The van der Waals surface area contributed by atoms with Crippen LogP contribution in [-0.4, -0.2) is 89.7 Å². The Bertz CT molecular complexity index is 1200. The van der Waals surface area contributed by atoms with Crippen LogP contribution in [0.25, 0.3) is 10.9 Å². The molecule has 10 nitrogen and oxygen atoms in total. The van der Waals surface area contributed by atoms with E-state index in [1.807, 2.05) is 18.2 Å². The molecule has 2 amide bonds. The van der Waals surface area contributed by atoms with Crippen molar-refractivity contribution in [3.05, 3.63) is 34.4 Å². The molecule has 3 fully saturated rings. The lowest BCUT2D eigenvalue weighted by Gasteiger charge is -2.42. The summed E-state index contributed by atoms with van der Waals surface area (Å²) in [6.45, 7) is 10.2. The molecule has 1 aromatic heterocycles. The van der Waals surface area contributed by atoms with Gasteiger partial charge in [-0.05, 0) is 44.9 Å². The third kappa shape index (κ3) is 6.08. The number of imide groups is 1. The van der Waals surface area contributed by atoms with Gasteiger partial charge in [0.1, 0.15) is 11.9 Å². The Balaban J connectivity index is 1.07. The van der Waals surface area contributed by atoms with Crippen molar-refractivity contribution in [2.45, 2.75) is 64.0 Å². The first-order valence-electron chi connectivity index (χ1n) is 14.1. The molecule has 2 aromatic rings. The minimum absolute atomic E-state index is 0.215. The monoisotopic (exact) mass is 524 g/mol. The normalized spacial score (nSPS) is 21.4. The molecule has 0 bridgehead atoms. The standard InChI is InChI=1S/C28H40N6O4/c1-20-30-23-9-7-8-22(26(23)28(37)34(20)24-10-11-25(35)31-27(24)36)29-12-5-3-2-4-6-13-32-14-16-33(17-15-32)21-18-38-19-21/h7-9,21,24,29H,2-6,10-19H2,1H3,(H,31,35,36). The largest absolute Gasteiger partial charge is 0.384 e. The summed E-state index contributed by atoms with van der Waals surface area (Å²) in [5.41, 5.74) is 1.11. The number of piperazine rings is 1. The van der Waals surface area contributed by atoms with Crippen molar-refractivity contribution in [3.8, 4) is 0 Å². The summed E-state index contributed by atoms with van der Waals surface area (Å²) < 4.78 is 6.76. The summed E-state index contributed by atoms with van der Waals surface area (Å²) in [7, 11) is 0. The van der Waals surface area contributed by atoms with E-state index in [9.17, 15) is 14.4 Å². The SMILES string of the molecule is Cc1nc2cccc(NCCCCCCCN3CCN(C4COC4)CC3)c2c(=O)n1C1CCC(=O)NC1=O. The maximum absolute atomic E-state index is 13.5. The number of fused-ring (bicyclic) bond motifs is 1. The molecule has 3 aliphatic heterocycles. The number of nitrogens with zero attached hydrogens (tertiary/aromatic N) is 4. The van der Waals surface area contributed by atoms with Crippen LogP contribution in [0.4, 0.5) is 5.69 Å². The predicted octanol–water partition coefficient (Wildman–Crippen LogP) is 2.06. The van der Waals surface area contributed by atoms with Crippen molar-refractivity contribution >= 4 is 28.4 Å². The Kier molecular flexibility index (Phi) is 8.71. The number of hydrogen-bond donors (Lipinski definition) is 2. The van der Waals surface area contributed by atoms with E-state index in [1.54, 1.807) is 6.92 Å². The highest BCUT2D eigenvalue weighted by Gasteiger charge is 2.31. The van der Waals surface area contributed by atoms with Gasteiger partial charge in [-0.25, -0.2) is 4.98 Å². The van der Waals surface area contributed by atoms with Gasteiger partial charge in [-0.1, -0.05) is 25.3 Å². The van der Waals surface area contributed by atoms with Gasteiger partial charge in [0.15, 0.2) is 0 Å². The maximum atomic E-state index is 13.5. The number of ether oxygens (including phenoxy) is 1. The molecular weight excluding hydrogens is 484 g/mol. The summed E-state index contributed by atoms with van der Waals surface area (Å²) in [6.07, 6.45) is 6.39. The number of unbranched alkanes of at least 4 members (excludes halogenated alkanes) is 4. The van der Waals surface area contributed by atoms with E-state index in [1.165, 1.54) is 56.6 Å². The van der Waals surface area contributed by atoms with Crippen LogP contribution in [0.1, 0.15) is 56.8 Å². The third-order valence-corrected chi connectivity index (χ3v) is 8.14. The number of hydrogen-bond acceptors (Lipinski definition) is 8. The molecule has 0 saturated carbocycles. The molecule has 2 N–H and O–H groups in total. The number of aryl methyl sites for hydroxylation is 1. The van der Waals surface area contributed by atoms with Crippen molar-refractivity contribution in [1.29, 1.82) is 0 Å². The second-order valence-electron chi connectivity index (χ2n) is 10.8. The van der Waals surface area contributed by atoms with Gasteiger partial charge in [0.25, 0.3) is 5.56 Å². The lowest BCUT2D eigenvalue weighted by atomic mass is 10.1. The van der Waals surface area contributed by atoms with Gasteiger partial charge >= 0.3 is 0 Å². The van der Waals surface area contributed by atoms with E-state index < -0.39 is 11.9 Å². The van der Waals surface area contributed by atoms with Crippen molar-refractivity contribution < 1.29 is 14.3 Å². The van der Waals surface area contributed by atoms with E-state index in [-0.39, 0.29) is 17.9 Å². The molecule has 38 heavy (non-hydrogen) atoms. The number of nitrogens with one attached hydrogen (secondary N) is 2. The zero-order valence-electron chi connectivity index (χ0n) is 22.4. The number of carbonyl (C=O) groups excluding carboxylic acids is 2. The fraction of sp³-hybridized carbons (Fsp3) is 0.643. The minimum Gasteiger partial charge on any atom is -0.384 e. The molecule has 0 spiro atoms. The third-order valence-electron chi connectivity index (χ3n) is 8.14. The summed E-state index contributed by atoms with van der Waals surface area (Å²) in [4.78, 5) is 47.3. The lowest BCUT2D eigenvalue weighted by molar-refractivity contribution is -0.135. The first-order chi connectivity index (χ1) is 18.5. The zero-order chi connectivity index (χ0) is 26.5. The number of rotatable bonds is 11. The molecule has 1 unspecified atom stereocenters. The van der Waals surface area contributed by atoms with Crippen molar-refractivity contribution in [1.82, 2.24) is 24.7 Å². The molecule has 4 heterocycles. The molecule has 0 aliphatic carbocycles. The van der Waals surface area contributed by atoms with Crippen LogP contribution in [0.5, 0.6) is 0 Å². The van der Waals surface area contributed by atoms with E-state index >= 15 is 0 Å². The Morgan fingerprint density at radius 3 is 2.53 bits per heavy atom. The molecule has 10 heteroatoms. The molecule has 1 atom stereocenters. The quantitative estimate of drug-likeness (QED) is 0.340. The van der Waals surface area contributed by atoms with Gasteiger partial charge in [0.2, 0.25) is 11.8 Å². The fourth-order valence-corrected chi connectivity index (χ4v) is 5.80. The number of amides is 2. The highest BCUT2D eigenvalue weighted by atomic mass is 16.5. The van der Waals surface area contributed by atoms with E-state index in [2.05, 4.69) is 25.4 Å². The smallest absolute Gasteiger partial charge is 0.264 e. The lowest BCUT2D eigenvalue weighted by Crippen LogP contribution is -2.56. The van der Waals surface area contributed by atoms with Gasteiger partial charge in [-0.2, -0.15) is 0 Å². The second kappa shape index (κ2) is 12.4. The number of piperidine rings is 1. The van der Waals surface area contributed by atoms with Crippen molar-refractivity contribution in [3.63, 3.8) is 0 Å². The number of anilines is 1. The van der Waals surface area contributed by atoms with Gasteiger partial charge in [-0.15, -0.1) is 0 Å². The zero-order valence-corrected chi connectivity index (χ0v) is 22.4. The van der Waals surface area contributed by atoms with Crippen LogP contribution in [0.15, 0.2) is 23.0 Å². The summed E-state index contributed by atoms with van der Waals surface area (Å²) in [5.74, 6) is -0.265. The first-order valence-corrected chi connectivity index (χ1v) is 14.1. The van der Waals surface area contributed by atoms with E-state index in [4.69, 9.17) is 4.74 Å². The molecule has 0 radical (unpaired) electrons. The van der Waals surface area contributed by atoms with Crippen molar-refractivity contribution in [2.75, 3.05) is 57.8 Å². The predicted molar refractivity (Wildman–Crippen MR) is 146 cm³/mol. The van der Waals surface area contributed by atoms with Crippen LogP contribution in [0.3, 0.4) is 0 Å². The van der Waals surface area contributed by atoms with Crippen molar-refractivity contribution in [2.24, 2.45) is 0 Å². The Morgan fingerprint density at radius 1 is 1.03 bits per heavy atom. The molecule has 5 rings (SSSR count). The van der Waals surface area contributed by atoms with Gasteiger partial charge in [-0.3, -0.25) is 29.2 Å². The molecular formula is C28H40N6O4. The van der Waals surface area contributed by atoms with Crippen LogP contribution >= 0.6 is 0 Å². The summed E-state index contributed by atoms with van der Waals surface area (Å²) in [5, 5.41) is 6.27. The molecule has 206 valence electrons. The van der Waals surface area contributed by atoms with Gasteiger partial charge in [0.05, 0.1) is 30.2 Å². The number of benzene rings is 1. The van der Waals surface area contributed by atoms with Crippen LogP contribution < -0.4 is 16.2 Å². The minimum atomic E-state index is -0.716. The summed E-state index contributed by atoms with van der Waals surface area (Å²) >= 11 is 0. The maximum Gasteiger partial charge on any atom is 0.264 e. The van der Waals surface area contributed by atoms with E-state index in [0.29, 0.717) is 29.2 Å². The molecule has 3 saturated heterocycles. The van der Waals surface area contributed by atoms with E-state index in [0.717, 1.165) is 38.3 Å². The Hall–Kier alpha value is -2.82. The average Bonchev–Trinajstić information content (AvgIpc) is 2.86. The van der Waals surface area contributed by atoms with Gasteiger partial charge < -0.3 is 15.0 Å². The fourth-order valence-electron chi connectivity index (χ4n) is 5.80. The number of aromatic nitrogens is 2. The topological polar surface area (TPSA) is 109 Å². The molecule has 3 aliphatic rings. The first kappa shape index (κ1) is 26.8. The highest BCUT2D eigenvalue weighted by molar-refractivity contribution is 5.99. The Labute approximate surface area is 223 Å². The average molecular weight is 525 g/mol.